The summed E-state index contributed by atoms with van der Waals surface area (Å²) >= 11 is 0. The van der Waals surface area contributed by atoms with Crippen LogP contribution in [0.15, 0.2) is 18.2 Å². The third-order valence-corrected chi connectivity index (χ3v) is 6.58. The molecular formula is C14H19N3O4S. The zero-order valence-corrected chi connectivity index (χ0v) is 13.0. The van der Waals surface area contributed by atoms with Gasteiger partial charge in [-0.1, -0.05) is 6.07 Å². The van der Waals surface area contributed by atoms with Crippen LogP contribution in [0.3, 0.4) is 0 Å². The minimum Gasteiger partial charge on any atom is -0.477 e. The van der Waals surface area contributed by atoms with Crippen LogP contribution in [-0.2, 0) is 10.0 Å². The molecule has 120 valence electrons. The van der Waals surface area contributed by atoms with Gasteiger partial charge in [-0.3, -0.25) is 0 Å². The van der Waals surface area contributed by atoms with E-state index in [4.69, 9.17) is 5.11 Å². The lowest BCUT2D eigenvalue weighted by Crippen LogP contribution is -2.38. The Kier molecular flexibility index (Phi) is 4.05. The Hall–Kier alpha value is -1.67. The van der Waals surface area contributed by atoms with Crippen molar-refractivity contribution >= 4 is 21.8 Å². The number of carboxylic acid groups (broad SMARTS) is 1. The molecule has 3 rings (SSSR count). The highest BCUT2D eigenvalue weighted by Gasteiger charge is 2.38. The fourth-order valence-electron chi connectivity index (χ4n) is 3.05. The number of aromatic nitrogens is 1. The van der Waals surface area contributed by atoms with Gasteiger partial charge < -0.3 is 10.0 Å². The van der Waals surface area contributed by atoms with E-state index in [-0.39, 0.29) is 5.69 Å². The normalized spacial score (nSPS) is 23.1. The molecule has 2 aliphatic rings. The molecule has 0 amide bonds. The zero-order chi connectivity index (χ0) is 15.7. The molecule has 2 fully saturated rings. The summed E-state index contributed by atoms with van der Waals surface area (Å²) in [7, 11) is -3.26. The molecule has 0 spiro atoms. The number of hydrogen-bond donors (Lipinski definition) is 1. The first kappa shape index (κ1) is 15.2. The van der Waals surface area contributed by atoms with Gasteiger partial charge in [0, 0.05) is 26.2 Å². The smallest absolute Gasteiger partial charge is 0.354 e. The van der Waals surface area contributed by atoms with Gasteiger partial charge >= 0.3 is 5.97 Å². The maximum atomic E-state index is 12.6. The maximum absolute atomic E-state index is 12.6. The van der Waals surface area contributed by atoms with Crippen molar-refractivity contribution in [2.45, 2.75) is 24.5 Å². The lowest BCUT2D eigenvalue weighted by atomic mass is 10.3. The van der Waals surface area contributed by atoms with E-state index in [2.05, 4.69) is 4.98 Å². The number of carboxylic acids is 1. The van der Waals surface area contributed by atoms with Crippen molar-refractivity contribution in [2.75, 3.05) is 31.1 Å². The number of rotatable bonds is 4. The quantitative estimate of drug-likeness (QED) is 0.880. The molecule has 0 aromatic carbocycles. The van der Waals surface area contributed by atoms with Gasteiger partial charge in [-0.15, -0.1) is 0 Å². The van der Waals surface area contributed by atoms with Crippen molar-refractivity contribution in [3.63, 3.8) is 0 Å². The minimum absolute atomic E-state index is 0.0247. The van der Waals surface area contributed by atoms with Gasteiger partial charge in [-0.2, -0.15) is 0 Å². The van der Waals surface area contributed by atoms with Crippen molar-refractivity contribution in [3.05, 3.63) is 23.9 Å². The van der Waals surface area contributed by atoms with Crippen molar-refractivity contribution < 1.29 is 18.3 Å². The van der Waals surface area contributed by atoms with Gasteiger partial charge in [0.25, 0.3) is 0 Å². The molecule has 0 aliphatic carbocycles. The predicted molar refractivity (Wildman–Crippen MR) is 81.5 cm³/mol. The maximum Gasteiger partial charge on any atom is 0.354 e. The largest absolute Gasteiger partial charge is 0.477 e. The third kappa shape index (κ3) is 2.80. The molecule has 22 heavy (non-hydrogen) atoms. The summed E-state index contributed by atoms with van der Waals surface area (Å²) in [6.07, 6.45) is 2.41. The Morgan fingerprint density at radius 1 is 1.23 bits per heavy atom. The van der Waals surface area contributed by atoms with Gasteiger partial charge in [0.15, 0.2) is 5.69 Å². The van der Waals surface area contributed by atoms with Gasteiger partial charge in [-0.25, -0.2) is 22.5 Å². The second kappa shape index (κ2) is 5.85. The number of hydrogen-bond acceptors (Lipinski definition) is 5. The molecule has 2 aliphatic heterocycles. The zero-order valence-electron chi connectivity index (χ0n) is 12.2. The molecule has 3 heterocycles. The summed E-state index contributed by atoms with van der Waals surface area (Å²) in [6.45, 7) is 2.18. The van der Waals surface area contributed by atoms with E-state index in [0.717, 1.165) is 12.8 Å². The first-order valence-electron chi connectivity index (χ1n) is 7.43. The van der Waals surface area contributed by atoms with Crippen LogP contribution >= 0.6 is 0 Å². The van der Waals surface area contributed by atoms with Crippen LogP contribution < -0.4 is 4.90 Å². The average molecular weight is 325 g/mol. The number of nitrogens with zero attached hydrogens (tertiary/aromatic N) is 3. The van der Waals surface area contributed by atoms with E-state index in [0.29, 0.717) is 38.4 Å². The second-order valence-corrected chi connectivity index (χ2v) is 7.91. The van der Waals surface area contributed by atoms with Crippen LogP contribution in [0.5, 0.6) is 0 Å². The first-order valence-corrected chi connectivity index (χ1v) is 8.93. The van der Waals surface area contributed by atoms with Crippen LogP contribution in [0.4, 0.5) is 5.82 Å². The highest BCUT2D eigenvalue weighted by molar-refractivity contribution is 7.89. The second-order valence-electron chi connectivity index (χ2n) is 5.69. The first-order chi connectivity index (χ1) is 10.5. The molecule has 1 atom stereocenters. The molecule has 0 bridgehead atoms. The Morgan fingerprint density at radius 2 is 1.95 bits per heavy atom. The minimum atomic E-state index is -3.26. The van der Waals surface area contributed by atoms with Crippen LogP contribution in [0, 0.1) is 0 Å². The number of pyridine rings is 1. The molecule has 0 saturated carbocycles. The molecule has 1 N–H and O–H groups in total. The van der Waals surface area contributed by atoms with Crippen molar-refractivity contribution in [3.8, 4) is 0 Å². The van der Waals surface area contributed by atoms with Crippen LogP contribution in [-0.4, -0.2) is 60.2 Å². The molecule has 8 heteroatoms. The van der Waals surface area contributed by atoms with Crippen molar-refractivity contribution in [1.82, 2.24) is 9.29 Å². The van der Waals surface area contributed by atoms with E-state index >= 15 is 0 Å². The summed E-state index contributed by atoms with van der Waals surface area (Å²) in [4.78, 5) is 16.9. The lowest BCUT2D eigenvalue weighted by Gasteiger charge is -2.21. The van der Waals surface area contributed by atoms with E-state index in [1.807, 2.05) is 4.90 Å². The molecular weight excluding hydrogens is 306 g/mol. The molecule has 1 aromatic rings. The fourth-order valence-corrected chi connectivity index (χ4v) is 5.01. The Bertz CT molecular complexity index is 670. The number of anilines is 1. The number of aromatic carboxylic acids is 1. The average Bonchev–Trinajstić information content (AvgIpc) is 3.19. The van der Waals surface area contributed by atoms with Crippen LogP contribution in [0.25, 0.3) is 0 Å². The van der Waals surface area contributed by atoms with E-state index in [1.165, 1.54) is 6.07 Å². The summed E-state index contributed by atoms with van der Waals surface area (Å²) < 4.78 is 26.7. The number of carbonyl (C=O) groups is 1. The standard InChI is InChI=1S/C14H19N3O4S/c18-14(19)12-4-3-5-13(15-12)16-9-6-11(10-16)22(20,21)17-7-1-2-8-17/h3-5,11H,1-2,6-10H2,(H,18,19). The van der Waals surface area contributed by atoms with Gasteiger partial charge in [0.2, 0.25) is 10.0 Å². The van der Waals surface area contributed by atoms with Gasteiger partial charge in [0.05, 0.1) is 5.25 Å². The highest BCUT2D eigenvalue weighted by Crippen LogP contribution is 2.26. The van der Waals surface area contributed by atoms with Gasteiger partial charge in [-0.05, 0) is 31.4 Å². The molecule has 1 aromatic heterocycles. The molecule has 1 unspecified atom stereocenters. The summed E-state index contributed by atoms with van der Waals surface area (Å²) in [5, 5.41) is 8.56. The van der Waals surface area contributed by atoms with Crippen LogP contribution in [0.2, 0.25) is 0 Å². The Morgan fingerprint density at radius 3 is 2.64 bits per heavy atom. The monoisotopic (exact) mass is 325 g/mol. The van der Waals surface area contributed by atoms with E-state index in [1.54, 1.807) is 16.4 Å². The third-order valence-electron chi connectivity index (χ3n) is 4.27. The topological polar surface area (TPSA) is 90.8 Å². The number of sulfonamides is 1. The SMILES string of the molecule is O=C(O)c1cccc(N2CCC(S(=O)(=O)N3CCCC3)C2)n1. The van der Waals surface area contributed by atoms with E-state index < -0.39 is 21.2 Å². The predicted octanol–water partition coefficient (Wildman–Crippen LogP) is 0.784. The Labute approximate surface area is 129 Å². The summed E-state index contributed by atoms with van der Waals surface area (Å²) in [6, 6.07) is 4.78. The molecule has 2 saturated heterocycles. The van der Waals surface area contributed by atoms with Gasteiger partial charge in [0.1, 0.15) is 5.82 Å². The van der Waals surface area contributed by atoms with Crippen LogP contribution in [0.1, 0.15) is 29.8 Å². The fraction of sp³-hybridized carbons (Fsp3) is 0.571. The molecule has 0 radical (unpaired) electrons. The Balaban J connectivity index is 1.74. The van der Waals surface area contributed by atoms with Crippen molar-refractivity contribution in [1.29, 1.82) is 0 Å². The lowest BCUT2D eigenvalue weighted by molar-refractivity contribution is 0.0690. The molecule has 7 nitrogen and oxygen atoms in total. The summed E-state index contributed by atoms with van der Waals surface area (Å²) in [5.41, 5.74) is -0.0247. The van der Waals surface area contributed by atoms with E-state index in [9.17, 15) is 13.2 Å². The highest BCUT2D eigenvalue weighted by atomic mass is 32.2. The summed E-state index contributed by atoms with van der Waals surface area (Å²) in [5.74, 6) is -0.554. The van der Waals surface area contributed by atoms with Crippen molar-refractivity contribution in [2.24, 2.45) is 0 Å².